The van der Waals surface area contributed by atoms with E-state index in [2.05, 4.69) is 207 Å². The van der Waals surface area contributed by atoms with Crippen LogP contribution < -0.4 is 9.80 Å². The first-order valence-corrected chi connectivity index (χ1v) is 19.6. The van der Waals surface area contributed by atoms with E-state index in [1.165, 1.54) is 86.9 Å². The fourth-order valence-corrected chi connectivity index (χ4v) is 9.23. The summed E-state index contributed by atoms with van der Waals surface area (Å²) >= 11 is 0. The van der Waals surface area contributed by atoms with Gasteiger partial charge in [0.2, 0.25) is 0 Å². The molecule has 0 amide bonds. The average Bonchev–Trinajstić information content (AvgIpc) is 3.74. The van der Waals surface area contributed by atoms with Gasteiger partial charge >= 0.3 is 0 Å². The van der Waals surface area contributed by atoms with Crippen LogP contribution in [-0.4, -0.2) is 0 Å². The maximum atomic E-state index is 2.41. The van der Waals surface area contributed by atoms with Crippen LogP contribution in [0.1, 0.15) is 22.3 Å². The van der Waals surface area contributed by atoms with Crippen LogP contribution in [0.2, 0.25) is 0 Å². The standard InChI is InChI=1S/C54H40N2/c1-33-11-19-37(20-12-33)55(38-21-13-34(2)14-22-38)41-27-29-45-49(31-41)43-7-5-9-47-51(43)53(45)48-10-6-8-44-50-32-42(28-30-46(50)54(47)52(44)48)56(39-23-15-35(3)16-24-39)40-25-17-36(4)18-26-40/h5-32H,1-4H3. The van der Waals surface area contributed by atoms with Crippen LogP contribution >= 0.6 is 0 Å². The second-order valence-electron chi connectivity index (χ2n) is 15.7. The minimum Gasteiger partial charge on any atom is -0.310 e. The number of anilines is 6. The van der Waals surface area contributed by atoms with Crippen LogP contribution in [0.25, 0.3) is 64.6 Å². The van der Waals surface area contributed by atoms with E-state index in [0.29, 0.717) is 0 Å². The number of benzene rings is 9. The molecule has 11 rings (SSSR count). The zero-order valence-electron chi connectivity index (χ0n) is 32.1. The summed E-state index contributed by atoms with van der Waals surface area (Å²) < 4.78 is 0. The quantitative estimate of drug-likeness (QED) is 0.158. The van der Waals surface area contributed by atoms with Crippen LogP contribution in [0.4, 0.5) is 34.1 Å². The van der Waals surface area contributed by atoms with Crippen molar-refractivity contribution < 1.29 is 0 Å². The van der Waals surface area contributed by atoms with Gasteiger partial charge in [-0.05, 0) is 165 Å². The van der Waals surface area contributed by atoms with Gasteiger partial charge in [0, 0.05) is 34.1 Å². The third-order valence-electron chi connectivity index (χ3n) is 12.0. The molecule has 0 aliphatic rings. The summed E-state index contributed by atoms with van der Waals surface area (Å²) in [5.74, 6) is 0. The van der Waals surface area contributed by atoms with Gasteiger partial charge in [-0.2, -0.15) is 0 Å². The van der Waals surface area contributed by atoms with E-state index < -0.39 is 0 Å². The van der Waals surface area contributed by atoms with E-state index >= 15 is 0 Å². The van der Waals surface area contributed by atoms with Gasteiger partial charge in [0.05, 0.1) is 0 Å². The highest BCUT2D eigenvalue weighted by Crippen LogP contribution is 2.52. The lowest BCUT2D eigenvalue weighted by Crippen LogP contribution is -2.09. The fraction of sp³-hybridized carbons (Fsp3) is 0.0741. The van der Waals surface area contributed by atoms with Crippen LogP contribution in [0.5, 0.6) is 0 Å². The Morgan fingerprint density at radius 1 is 0.232 bits per heavy atom. The minimum atomic E-state index is 1.15. The zero-order valence-corrected chi connectivity index (χ0v) is 32.1. The lowest BCUT2D eigenvalue weighted by molar-refractivity contribution is 1.27. The lowest BCUT2D eigenvalue weighted by Gasteiger charge is -2.26. The Hall–Kier alpha value is -6.90. The molecule has 0 spiro atoms. The van der Waals surface area contributed by atoms with E-state index in [4.69, 9.17) is 0 Å². The first-order valence-electron chi connectivity index (χ1n) is 19.6. The third kappa shape index (κ3) is 4.89. The Labute approximate surface area is 327 Å². The van der Waals surface area contributed by atoms with Crippen molar-refractivity contribution in [1.82, 2.24) is 0 Å². The molecule has 56 heavy (non-hydrogen) atoms. The summed E-state index contributed by atoms with van der Waals surface area (Å²) in [6.45, 7) is 8.59. The molecule has 0 saturated heterocycles. The second kappa shape index (κ2) is 12.3. The molecule has 0 aliphatic carbocycles. The minimum absolute atomic E-state index is 1.15. The smallest absolute Gasteiger partial charge is 0.0468 e. The molecule has 266 valence electrons. The molecule has 0 unspecified atom stereocenters. The van der Waals surface area contributed by atoms with Gasteiger partial charge in [0.15, 0.2) is 0 Å². The van der Waals surface area contributed by atoms with Crippen molar-refractivity contribution >= 4 is 98.8 Å². The maximum absolute atomic E-state index is 2.41. The van der Waals surface area contributed by atoms with Crippen LogP contribution in [-0.2, 0) is 0 Å². The number of fused-ring (bicyclic) bond motifs is 8. The number of hydrogen-bond donors (Lipinski definition) is 0. The monoisotopic (exact) mass is 716 g/mol. The van der Waals surface area contributed by atoms with Gasteiger partial charge in [-0.25, -0.2) is 0 Å². The van der Waals surface area contributed by atoms with Crippen LogP contribution in [0.15, 0.2) is 170 Å². The molecule has 0 heterocycles. The summed E-state index contributed by atoms with van der Waals surface area (Å²) in [6.07, 6.45) is 0. The summed E-state index contributed by atoms with van der Waals surface area (Å²) in [7, 11) is 0. The van der Waals surface area contributed by atoms with Crippen LogP contribution in [0.3, 0.4) is 0 Å². The second-order valence-corrected chi connectivity index (χ2v) is 15.7. The highest BCUT2D eigenvalue weighted by atomic mass is 15.1. The predicted molar refractivity (Wildman–Crippen MR) is 242 cm³/mol. The van der Waals surface area contributed by atoms with Crippen molar-refractivity contribution in [1.29, 1.82) is 0 Å². The Kier molecular flexibility index (Phi) is 7.15. The van der Waals surface area contributed by atoms with Gasteiger partial charge < -0.3 is 9.80 Å². The Bertz CT molecular complexity index is 2930. The van der Waals surface area contributed by atoms with E-state index in [1.807, 2.05) is 0 Å². The molecule has 0 saturated carbocycles. The van der Waals surface area contributed by atoms with Gasteiger partial charge in [0.1, 0.15) is 0 Å². The molecule has 0 atom stereocenters. The van der Waals surface area contributed by atoms with Crippen molar-refractivity contribution in [2.45, 2.75) is 27.7 Å². The molecule has 0 aromatic heterocycles. The molecule has 0 N–H and O–H groups in total. The number of nitrogens with zero attached hydrogens (tertiary/aromatic N) is 2. The normalized spacial score (nSPS) is 11.9. The largest absolute Gasteiger partial charge is 0.310 e. The van der Waals surface area contributed by atoms with E-state index in [1.54, 1.807) is 0 Å². The molecule has 0 aliphatic heterocycles. The van der Waals surface area contributed by atoms with Crippen molar-refractivity contribution in [3.05, 3.63) is 192 Å². The van der Waals surface area contributed by atoms with E-state index in [9.17, 15) is 0 Å². The molecule has 11 aromatic carbocycles. The number of rotatable bonds is 6. The third-order valence-corrected chi connectivity index (χ3v) is 12.0. The average molecular weight is 717 g/mol. The molecule has 0 bridgehead atoms. The van der Waals surface area contributed by atoms with Gasteiger partial charge in [-0.1, -0.05) is 119 Å². The number of aryl methyl sites for hydroxylation is 4. The molecule has 0 radical (unpaired) electrons. The summed E-state index contributed by atoms with van der Waals surface area (Å²) in [4.78, 5) is 4.77. The van der Waals surface area contributed by atoms with Crippen LogP contribution in [0, 0.1) is 27.7 Å². The first-order chi connectivity index (χ1) is 27.4. The molecule has 0 fully saturated rings. The maximum Gasteiger partial charge on any atom is 0.0468 e. The Morgan fingerprint density at radius 3 is 0.786 bits per heavy atom. The molecule has 11 aromatic rings. The Morgan fingerprint density at radius 2 is 0.482 bits per heavy atom. The van der Waals surface area contributed by atoms with E-state index in [0.717, 1.165) is 34.1 Å². The summed E-state index contributed by atoms with van der Waals surface area (Å²) in [5, 5.41) is 15.9. The topological polar surface area (TPSA) is 6.48 Å². The predicted octanol–water partition coefficient (Wildman–Crippen LogP) is 15.7. The molecular weight excluding hydrogens is 677 g/mol. The zero-order chi connectivity index (χ0) is 37.7. The van der Waals surface area contributed by atoms with Gasteiger partial charge in [-0.3, -0.25) is 0 Å². The molecule has 2 heteroatoms. The van der Waals surface area contributed by atoms with Crippen molar-refractivity contribution in [3.63, 3.8) is 0 Å². The highest BCUT2D eigenvalue weighted by Gasteiger charge is 2.24. The Balaban J connectivity index is 1.15. The fourth-order valence-electron chi connectivity index (χ4n) is 9.23. The van der Waals surface area contributed by atoms with E-state index in [-0.39, 0.29) is 0 Å². The SMILES string of the molecule is Cc1ccc(N(c2ccc(C)cc2)c2ccc3c(c2)c2cccc4c2c3c2cccc3c5cc(N(c6ccc(C)cc6)c6ccc(C)cc6)ccc5c4c32)cc1. The first kappa shape index (κ1) is 32.5. The summed E-state index contributed by atoms with van der Waals surface area (Å²) in [6, 6.07) is 63.5. The summed E-state index contributed by atoms with van der Waals surface area (Å²) in [5.41, 5.74) is 11.9. The number of hydrogen-bond acceptors (Lipinski definition) is 2. The van der Waals surface area contributed by atoms with Crippen molar-refractivity contribution in [2.75, 3.05) is 9.80 Å². The molecule has 2 nitrogen and oxygen atoms in total. The molecular formula is C54H40N2. The van der Waals surface area contributed by atoms with Crippen molar-refractivity contribution in [2.24, 2.45) is 0 Å². The van der Waals surface area contributed by atoms with Gasteiger partial charge in [0.25, 0.3) is 0 Å². The van der Waals surface area contributed by atoms with Crippen molar-refractivity contribution in [3.8, 4) is 0 Å². The highest BCUT2D eigenvalue weighted by molar-refractivity contribution is 6.47. The van der Waals surface area contributed by atoms with Gasteiger partial charge in [-0.15, -0.1) is 0 Å². The lowest BCUT2D eigenvalue weighted by atomic mass is 9.95.